The van der Waals surface area contributed by atoms with Crippen LogP contribution in [-0.2, 0) is 7.05 Å². The van der Waals surface area contributed by atoms with Crippen molar-refractivity contribution in [2.24, 2.45) is 7.05 Å². The van der Waals surface area contributed by atoms with Crippen LogP contribution in [0.4, 0.5) is 0 Å². The zero-order valence-electron chi connectivity index (χ0n) is 8.90. The summed E-state index contributed by atoms with van der Waals surface area (Å²) in [6.07, 6.45) is 1.72. The van der Waals surface area contributed by atoms with Gasteiger partial charge in [0, 0.05) is 12.6 Å². The monoisotopic (exact) mass is 293 g/mol. The van der Waals surface area contributed by atoms with Crippen molar-refractivity contribution in [3.8, 4) is 11.3 Å². The van der Waals surface area contributed by atoms with E-state index < -0.39 is 5.76 Å². The maximum absolute atomic E-state index is 11.1. The topological polar surface area (TPSA) is 63.8 Å². The highest BCUT2D eigenvalue weighted by molar-refractivity contribution is 9.10. The molecule has 0 saturated heterocycles. The second kappa shape index (κ2) is 3.59. The fourth-order valence-corrected chi connectivity index (χ4v) is 2.42. The summed E-state index contributed by atoms with van der Waals surface area (Å²) in [5.41, 5.74) is 3.11. The van der Waals surface area contributed by atoms with E-state index in [0.29, 0.717) is 11.1 Å². The number of benzene rings is 1. The highest BCUT2D eigenvalue weighted by Crippen LogP contribution is 2.28. The molecule has 0 aliphatic rings. The number of oxazole rings is 1. The lowest BCUT2D eigenvalue weighted by Crippen LogP contribution is -1.92. The van der Waals surface area contributed by atoms with Crippen LogP contribution in [0.3, 0.4) is 0 Å². The number of hydrogen-bond acceptors (Lipinski definition) is 3. The van der Waals surface area contributed by atoms with Gasteiger partial charge in [-0.05, 0) is 28.1 Å². The minimum Gasteiger partial charge on any atom is -0.408 e. The van der Waals surface area contributed by atoms with Gasteiger partial charge in [0.05, 0.1) is 17.5 Å². The molecule has 0 bridgehead atoms. The zero-order chi connectivity index (χ0) is 12.0. The molecule has 0 saturated carbocycles. The predicted octanol–water partition coefficient (Wildman–Crippen LogP) is 2.28. The normalized spacial score (nSPS) is 11.2. The van der Waals surface area contributed by atoms with Crippen molar-refractivity contribution >= 4 is 27.0 Å². The van der Waals surface area contributed by atoms with Gasteiger partial charge in [-0.1, -0.05) is 6.07 Å². The van der Waals surface area contributed by atoms with Gasteiger partial charge in [-0.15, -0.1) is 0 Å². The number of H-pyrrole nitrogens is 1. The molecule has 6 heteroatoms. The van der Waals surface area contributed by atoms with Crippen molar-refractivity contribution in [1.82, 2.24) is 14.5 Å². The maximum atomic E-state index is 11.1. The Morgan fingerprint density at radius 3 is 3.00 bits per heavy atom. The molecule has 3 aromatic rings. The molecule has 0 aliphatic carbocycles. The van der Waals surface area contributed by atoms with Crippen molar-refractivity contribution in [2.45, 2.75) is 0 Å². The van der Waals surface area contributed by atoms with E-state index in [2.05, 4.69) is 25.9 Å². The Labute approximate surface area is 104 Å². The third-order valence-electron chi connectivity index (χ3n) is 2.59. The van der Waals surface area contributed by atoms with Gasteiger partial charge in [0.2, 0.25) is 0 Å². The van der Waals surface area contributed by atoms with Gasteiger partial charge in [-0.3, -0.25) is 4.98 Å². The van der Waals surface area contributed by atoms with Crippen molar-refractivity contribution in [3.05, 3.63) is 39.7 Å². The molecule has 17 heavy (non-hydrogen) atoms. The molecule has 5 nitrogen and oxygen atoms in total. The first kappa shape index (κ1) is 10.3. The summed E-state index contributed by atoms with van der Waals surface area (Å²) in [5, 5.41) is 0. The third-order valence-corrected chi connectivity index (χ3v) is 3.17. The molecule has 1 N–H and O–H groups in total. The Hall–Kier alpha value is -1.82. The molecule has 0 spiro atoms. The number of aromatic amines is 1. The molecular formula is C11H8BrN3O2. The fourth-order valence-electron chi connectivity index (χ4n) is 1.82. The number of nitrogens with zero attached hydrogens (tertiary/aromatic N) is 2. The Morgan fingerprint density at radius 1 is 1.47 bits per heavy atom. The summed E-state index contributed by atoms with van der Waals surface area (Å²) in [7, 11) is 1.91. The number of nitrogens with one attached hydrogen (secondary N) is 1. The van der Waals surface area contributed by atoms with Gasteiger partial charge in [-0.2, -0.15) is 0 Å². The number of hydrogen-bond donors (Lipinski definition) is 1. The number of aromatic nitrogens is 3. The Balaban J connectivity index is 2.27. The van der Waals surface area contributed by atoms with Crippen LogP contribution in [0.25, 0.3) is 22.4 Å². The summed E-state index contributed by atoms with van der Waals surface area (Å²) in [6.45, 7) is 0. The van der Waals surface area contributed by atoms with Crippen molar-refractivity contribution < 1.29 is 4.42 Å². The van der Waals surface area contributed by atoms with E-state index >= 15 is 0 Å². The molecule has 0 radical (unpaired) electrons. The predicted molar refractivity (Wildman–Crippen MR) is 66.7 cm³/mol. The average molecular weight is 294 g/mol. The lowest BCUT2D eigenvalue weighted by Gasteiger charge is -2.02. The van der Waals surface area contributed by atoms with Crippen molar-refractivity contribution in [2.75, 3.05) is 0 Å². The Bertz CT molecular complexity index is 734. The quantitative estimate of drug-likeness (QED) is 0.749. The van der Waals surface area contributed by atoms with Crippen LogP contribution < -0.4 is 5.76 Å². The number of halogens is 1. The first-order valence-electron chi connectivity index (χ1n) is 4.95. The van der Waals surface area contributed by atoms with Gasteiger partial charge in [0.15, 0.2) is 5.58 Å². The molecule has 0 fully saturated rings. The van der Waals surface area contributed by atoms with Crippen molar-refractivity contribution in [1.29, 1.82) is 0 Å². The molecule has 2 aromatic heterocycles. The standard InChI is InChI=1S/C11H8BrN3O2/c1-15-5-13-10(12)9(15)6-2-3-7-8(4-6)17-11(16)14-7/h2-5H,1H3,(H,14,16). The number of rotatable bonds is 1. The number of imidazole rings is 1. The lowest BCUT2D eigenvalue weighted by molar-refractivity contribution is 0.555. The average Bonchev–Trinajstić information content (AvgIpc) is 2.80. The van der Waals surface area contributed by atoms with Crippen LogP contribution in [0.1, 0.15) is 0 Å². The molecule has 1 aromatic carbocycles. The SMILES string of the molecule is Cn1cnc(Br)c1-c1ccc2[nH]c(=O)oc2c1. The van der Waals surface area contributed by atoms with E-state index in [-0.39, 0.29) is 0 Å². The molecule has 0 aliphatic heterocycles. The van der Waals surface area contributed by atoms with Gasteiger partial charge >= 0.3 is 5.76 Å². The second-order valence-electron chi connectivity index (χ2n) is 3.72. The number of aryl methyl sites for hydroxylation is 1. The first-order chi connectivity index (χ1) is 8.15. The highest BCUT2D eigenvalue weighted by atomic mass is 79.9. The fraction of sp³-hybridized carbons (Fsp3) is 0.0909. The first-order valence-corrected chi connectivity index (χ1v) is 5.74. The smallest absolute Gasteiger partial charge is 0.408 e. The van der Waals surface area contributed by atoms with Gasteiger partial charge in [0.1, 0.15) is 4.60 Å². The minimum absolute atomic E-state index is 0.443. The summed E-state index contributed by atoms with van der Waals surface area (Å²) in [6, 6.07) is 5.54. The third kappa shape index (κ3) is 1.61. The van der Waals surface area contributed by atoms with Gasteiger partial charge in [0.25, 0.3) is 0 Å². The van der Waals surface area contributed by atoms with E-state index in [4.69, 9.17) is 4.42 Å². The molecule has 0 amide bonds. The lowest BCUT2D eigenvalue weighted by atomic mass is 10.1. The molecule has 0 unspecified atom stereocenters. The summed E-state index contributed by atoms with van der Waals surface area (Å²) in [4.78, 5) is 17.8. The van der Waals surface area contributed by atoms with Crippen LogP contribution in [0, 0.1) is 0 Å². The van der Waals surface area contributed by atoms with E-state index in [0.717, 1.165) is 15.9 Å². The van der Waals surface area contributed by atoms with Gasteiger partial charge in [-0.25, -0.2) is 9.78 Å². The van der Waals surface area contributed by atoms with E-state index in [1.807, 2.05) is 29.8 Å². The van der Waals surface area contributed by atoms with E-state index in [1.54, 1.807) is 6.33 Å². The zero-order valence-corrected chi connectivity index (χ0v) is 10.5. The summed E-state index contributed by atoms with van der Waals surface area (Å²) in [5.74, 6) is -0.443. The minimum atomic E-state index is -0.443. The molecule has 86 valence electrons. The summed E-state index contributed by atoms with van der Waals surface area (Å²) >= 11 is 3.39. The Kier molecular flexibility index (Phi) is 2.19. The van der Waals surface area contributed by atoms with E-state index in [9.17, 15) is 4.79 Å². The van der Waals surface area contributed by atoms with Crippen LogP contribution in [0.5, 0.6) is 0 Å². The second-order valence-corrected chi connectivity index (χ2v) is 4.47. The van der Waals surface area contributed by atoms with E-state index in [1.165, 1.54) is 0 Å². The maximum Gasteiger partial charge on any atom is 0.417 e. The largest absolute Gasteiger partial charge is 0.417 e. The molecule has 2 heterocycles. The van der Waals surface area contributed by atoms with Crippen molar-refractivity contribution in [3.63, 3.8) is 0 Å². The van der Waals surface area contributed by atoms with Gasteiger partial charge < -0.3 is 8.98 Å². The molecule has 3 rings (SSSR count). The Morgan fingerprint density at radius 2 is 2.29 bits per heavy atom. The van der Waals surface area contributed by atoms with Crippen LogP contribution >= 0.6 is 15.9 Å². The molecular weight excluding hydrogens is 286 g/mol. The van der Waals surface area contributed by atoms with Crippen LogP contribution in [0.15, 0.2) is 38.3 Å². The molecule has 0 atom stereocenters. The van der Waals surface area contributed by atoms with Crippen LogP contribution in [0.2, 0.25) is 0 Å². The number of fused-ring (bicyclic) bond motifs is 1. The summed E-state index contributed by atoms with van der Waals surface area (Å²) < 4.78 is 7.69. The van der Waals surface area contributed by atoms with Crippen LogP contribution in [-0.4, -0.2) is 14.5 Å². The highest BCUT2D eigenvalue weighted by Gasteiger charge is 2.10.